The van der Waals surface area contributed by atoms with E-state index in [0.29, 0.717) is 6.04 Å². The number of nitrogen functional groups attached to an aromatic ring is 1. The maximum absolute atomic E-state index is 6.07. The summed E-state index contributed by atoms with van der Waals surface area (Å²) in [5.41, 5.74) is 8.16. The third-order valence-corrected chi connectivity index (χ3v) is 4.04. The number of hydrogen-bond donors (Lipinski definition) is 1. The molecule has 0 aliphatic rings. The van der Waals surface area contributed by atoms with Crippen LogP contribution in [0.3, 0.4) is 0 Å². The number of halogens is 1. The number of hydrogen-bond acceptors (Lipinski definition) is 2. The van der Waals surface area contributed by atoms with Gasteiger partial charge in [0.15, 0.2) is 0 Å². The first kappa shape index (κ1) is 15.5. The largest absolute Gasteiger partial charge is 0.398 e. The summed E-state index contributed by atoms with van der Waals surface area (Å²) in [6.07, 6.45) is 3.83. The van der Waals surface area contributed by atoms with Crippen molar-refractivity contribution in [1.29, 1.82) is 0 Å². The Bertz CT molecular complexity index is 343. The van der Waals surface area contributed by atoms with E-state index < -0.39 is 0 Å². The lowest BCUT2D eigenvalue weighted by molar-refractivity contribution is 0.208. The summed E-state index contributed by atoms with van der Waals surface area (Å²) in [6, 6.07) is 6.58. The third-order valence-electron chi connectivity index (χ3n) is 3.30. The Morgan fingerprint density at radius 2 is 2.00 bits per heavy atom. The Morgan fingerprint density at radius 3 is 2.56 bits per heavy atom. The maximum Gasteiger partial charge on any atom is 0.0371 e. The zero-order valence-corrected chi connectivity index (χ0v) is 13.3. The summed E-state index contributed by atoms with van der Waals surface area (Å²) >= 11 is 3.60. The van der Waals surface area contributed by atoms with Crippen molar-refractivity contribution < 1.29 is 0 Å². The van der Waals surface area contributed by atoms with Crippen molar-refractivity contribution in [3.05, 3.63) is 28.2 Å². The van der Waals surface area contributed by atoms with Gasteiger partial charge in [-0.15, -0.1) is 0 Å². The molecule has 0 saturated carbocycles. The molecule has 0 radical (unpaired) electrons. The molecule has 0 aromatic heterocycles. The molecule has 0 aliphatic heterocycles. The molecule has 0 fully saturated rings. The molecule has 0 saturated heterocycles. The molecule has 0 unspecified atom stereocenters. The van der Waals surface area contributed by atoms with Crippen LogP contribution < -0.4 is 5.73 Å². The zero-order valence-electron chi connectivity index (χ0n) is 11.7. The van der Waals surface area contributed by atoms with Crippen LogP contribution in [0, 0.1) is 0 Å². The molecule has 0 heterocycles. The second kappa shape index (κ2) is 7.80. The van der Waals surface area contributed by atoms with Crippen LogP contribution in [0.5, 0.6) is 0 Å². The number of nitrogens with two attached hydrogens (primary N) is 1. The van der Waals surface area contributed by atoms with E-state index in [4.69, 9.17) is 5.73 Å². The van der Waals surface area contributed by atoms with Crippen LogP contribution in [0.4, 0.5) is 5.69 Å². The molecule has 102 valence electrons. The first-order chi connectivity index (χ1) is 8.56. The standard InChI is InChI=1S/C15H25BrN2/c1-4-5-6-10-18(12(2)3)11-13-14(16)8-7-9-15(13)17/h7-9,12H,4-6,10-11,17H2,1-3H3. The van der Waals surface area contributed by atoms with Gasteiger partial charge in [0.1, 0.15) is 0 Å². The zero-order chi connectivity index (χ0) is 13.5. The van der Waals surface area contributed by atoms with Gasteiger partial charge in [0.05, 0.1) is 0 Å². The molecule has 0 aliphatic carbocycles. The summed E-state index contributed by atoms with van der Waals surface area (Å²) in [6.45, 7) is 8.81. The number of benzene rings is 1. The highest BCUT2D eigenvalue weighted by atomic mass is 79.9. The predicted molar refractivity (Wildman–Crippen MR) is 83.6 cm³/mol. The van der Waals surface area contributed by atoms with E-state index in [1.54, 1.807) is 0 Å². The summed E-state index contributed by atoms with van der Waals surface area (Å²) in [5, 5.41) is 0. The quantitative estimate of drug-likeness (QED) is 0.596. The van der Waals surface area contributed by atoms with Crippen LogP contribution in [0.25, 0.3) is 0 Å². The molecule has 2 N–H and O–H groups in total. The molecule has 0 amide bonds. The van der Waals surface area contributed by atoms with Crippen LogP contribution in [0.1, 0.15) is 45.6 Å². The Balaban J connectivity index is 2.71. The van der Waals surface area contributed by atoms with Crippen molar-refractivity contribution in [2.45, 2.75) is 52.6 Å². The highest BCUT2D eigenvalue weighted by molar-refractivity contribution is 9.10. The van der Waals surface area contributed by atoms with Gasteiger partial charge >= 0.3 is 0 Å². The molecule has 0 bridgehead atoms. The number of rotatable bonds is 7. The van der Waals surface area contributed by atoms with Crippen molar-refractivity contribution in [2.24, 2.45) is 0 Å². The Morgan fingerprint density at radius 1 is 1.28 bits per heavy atom. The summed E-state index contributed by atoms with van der Waals surface area (Å²) < 4.78 is 1.11. The van der Waals surface area contributed by atoms with E-state index in [0.717, 1.165) is 23.2 Å². The van der Waals surface area contributed by atoms with Gasteiger partial charge in [-0.05, 0) is 38.9 Å². The molecular formula is C15H25BrN2. The van der Waals surface area contributed by atoms with Crippen LogP contribution in [0.2, 0.25) is 0 Å². The van der Waals surface area contributed by atoms with Crippen molar-refractivity contribution in [3.8, 4) is 0 Å². The second-order valence-corrected chi connectivity index (χ2v) is 5.93. The average Bonchev–Trinajstić information content (AvgIpc) is 2.31. The minimum Gasteiger partial charge on any atom is -0.398 e. The Labute approximate surface area is 120 Å². The van der Waals surface area contributed by atoms with Crippen LogP contribution in [-0.4, -0.2) is 17.5 Å². The van der Waals surface area contributed by atoms with E-state index in [1.165, 1.54) is 24.8 Å². The normalized spacial score (nSPS) is 11.4. The summed E-state index contributed by atoms with van der Waals surface area (Å²) in [4.78, 5) is 2.49. The first-order valence-corrected chi connectivity index (χ1v) is 7.62. The molecule has 0 spiro atoms. The van der Waals surface area contributed by atoms with E-state index in [9.17, 15) is 0 Å². The minimum absolute atomic E-state index is 0.549. The number of unbranched alkanes of at least 4 members (excludes halogenated alkanes) is 2. The van der Waals surface area contributed by atoms with Gasteiger partial charge < -0.3 is 5.73 Å². The SMILES string of the molecule is CCCCCN(Cc1c(N)cccc1Br)C(C)C. The summed E-state index contributed by atoms with van der Waals surface area (Å²) in [7, 11) is 0. The van der Waals surface area contributed by atoms with E-state index in [1.807, 2.05) is 12.1 Å². The van der Waals surface area contributed by atoms with Crippen LogP contribution >= 0.6 is 15.9 Å². The lowest BCUT2D eigenvalue weighted by Crippen LogP contribution is -2.31. The van der Waals surface area contributed by atoms with E-state index in [2.05, 4.69) is 47.7 Å². The average molecular weight is 313 g/mol. The number of nitrogens with zero attached hydrogens (tertiary/aromatic N) is 1. The molecule has 1 aromatic carbocycles. The van der Waals surface area contributed by atoms with Crippen LogP contribution in [0.15, 0.2) is 22.7 Å². The molecule has 18 heavy (non-hydrogen) atoms. The fourth-order valence-electron chi connectivity index (χ4n) is 2.03. The van der Waals surface area contributed by atoms with Gasteiger partial charge in [-0.2, -0.15) is 0 Å². The van der Waals surface area contributed by atoms with Gasteiger partial charge in [-0.1, -0.05) is 41.8 Å². The van der Waals surface area contributed by atoms with Crippen LogP contribution in [-0.2, 0) is 6.54 Å². The van der Waals surface area contributed by atoms with Gasteiger partial charge in [0, 0.05) is 28.3 Å². The lowest BCUT2D eigenvalue weighted by Gasteiger charge is -2.27. The van der Waals surface area contributed by atoms with Crippen molar-refractivity contribution >= 4 is 21.6 Å². The molecular weight excluding hydrogens is 288 g/mol. The molecule has 1 aromatic rings. The van der Waals surface area contributed by atoms with Crippen molar-refractivity contribution in [3.63, 3.8) is 0 Å². The maximum atomic E-state index is 6.07. The van der Waals surface area contributed by atoms with E-state index >= 15 is 0 Å². The first-order valence-electron chi connectivity index (χ1n) is 6.83. The lowest BCUT2D eigenvalue weighted by atomic mass is 10.1. The monoisotopic (exact) mass is 312 g/mol. The highest BCUT2D eigenvalue weighted by Gasteiger charge is 2.13. The number of anilines is 1. The fraction of sp³-hybridized carbons (Fsp3) is 0.600. The molecule has 2 nitrogen and oxygen atoms in total. The topological polar surface area (TPSA) is 29.3 Å². The minimum atomic E-state index is 0.549. The fourth-order valence-corrected chi connectivity index (χ4v) is 2.54. The van der Waals surface area contributed by atoms with Gasteiger partial charge in [-0.3, -0.25) is 4.90 Å². The van der Waals surface area contributed by atoms with Gasteiger partial charge in [-0.25, -0.2) is 0 Å². The third kappa shape index (κ3) is 4.62. The smallest absolute Gasteiger partial charge is 0.0371 e. The second-order valence-electron chi connectivity index (χ2n) is 5.08. The highest BCUT2D eigenvalue weighted by Crippen LogP contribution is 2.25. The molecule has 1 rings (SSSR count). The molecule has 3 heteroatoms. The van der Waals surface area contributed by atoms with Crippen molar-refractivity contribution in [1.82, 2.24) is 4.90 Å². The summed E-state index contributed by atoms with van der Waals surface area (Å²) in [5.74, 6) is 0. The van der Waals surface area contributed by atoms with Gasteiger partial charge in [0.25, 0.3) is 0 Å². The van der Waals surface area contributed by atoms with Crippen molar-refractivity contribution in [2.75, 3.05) is 12.3 Å². The van der Waals surface area contributed by atoms with Gasteiger partial charge in [0.2, 0.25) is 0 Å². The Kier molecular flexibility index (Phi) is 6.72. The van der Waals surface area contributed by atoms with E-state index in [-0.39, 0.29) is 0 Å². The Hall–Kier alpha value is -0.540. The molecule has 0 atom stereocenters. The predicted octanol–water partition coefficient (Wildman–Crippen LogP) is 4.43.